The van der Waals surface area contributed by atoms with Crippen molar-refractivity contribution in [1.82, 2.24) is 10.2 Å². The molecular weight excluding hydrogens is 316 g/mol. The number of aryl methyl sites for hydroxylation is 1. The predicted molar refractivity (Wildman–Crippen MR) is 87.3 cm³/mol. The monoisotopic (exact) mass is 338 g/mol. The summed E-state index contributed by atoms with van der Waals surface area (Å²) in [5.74, 6) is 1.05. The molecule has 2 amide bonds. The lowest BCUT2D eigenvalue weighted by Gasteiger charge is -2.23. The number of fused-ring (bicyclic) bond motifs is 1. The van der Waals surface area contributed by atoms with Gasteiger partial charge in [-0.25, -0.2) is 13.2 Å². The van der Waals surface area contributed by atoms with Crippen molar-refractivity contribution in [3.8, 4) is 5.75 Å². The number of carbonyl (C=O) groups is 1. The molecule has 1 saturated heterocycles. The maximum Gasteiger partial charge on any atom is 0.317 e. The van der Waals surface area contributed by atoms with Gasteiger partial charge >= 0.3 is 6.03 Å². The number of hydrogen-bond donors (Lipinski definition) is 1. The molecule has 23 heavy (non-hydrogen) atoms. The molecule has 7 heteroatoms. The van der Waals surface area contributed by atoms with Crippen LogP contribution < -0.4 is 10.1 Å². The largest absolute Gasteiger partial charge is 0.497 e. The molecule has 1 aromatic carbocycles. The van der Waals surface area contributed by atoms with E-state index in [2.05, 4.69) is 5.32 Å². The molecule has 0 aromatic heterocycles. The van der Waals surface area contributed by atoms with Crippen molar-refractivity contribution < 1.29 is 17.9 Å². The lowest BCUT2D eigenvalue weighted by atomic mass is 10.0. The summed E-state index contributed by atoms with van der Waals surface area (Å²) in [7, 11) is -1.34. The fourth-order valence-corrected chi connectivity index (χ4v) is 4.88. The average Bonchev–Trinajstić information content (AvgIpc) is 2.73. The molecule has 1 atom stereocenters. The summed E-state index contributed by atoms with van der Waals surface area (Å²) in [5, 5.41) is 2.87. The van der Waals surface area contributed by atoms with Crippen LogP contribution in [-0.4, -0.2) is 50.6 Å². The zero-order chi connectivity index (χ0) is 16.4. The Labute approximate surface area is 136 Å². The van der Waals surface area contributed by atoms with Crippen molar-refractivity contribution in [2.45, 2.75) is 31.8 Å². The standard InChI is InChI=1S/C16H22N2O4S/c1-22-15-5-4-13-10-18(7-2-3-12(13)9-15)16(19)17-14-6-8-23(20,21)11-14/h4-5,9,14H,2-3,6-8,10-11H2,1H3,(H,17,19). The molecule has 0 aliphatic carbocycles. The number of sulfone groups is 1. The minimum Gasteiger partial charge on any atom is -0.497 e. The van der Waals surface area contributed by atoms with Crippen molar-refractivity contribution >= 4 is 15.9 Å². The van der Waals surface area contributed by atoms with Crippen LogP contribution in [0.5, 0.6) is 5.75 Å². The van der Waals surface area contributed by atoms with Crippen molar-refractivity contribution in [3.05, 3.63) is 29.3 Å². The molecular formula is C16H22N2O4S. The van der Waals surface area contributed by atoms with Crippen molar-refractivity contribution in [2.75, 3.05) is 25.2 Å². The molecule has 1 fully saturated rings. The molecule has 2 aliphatic heterocycles. The Morgan fingerprint density at radius 1 is 1.35 bits per heavy atom. The second-order valence-corrected chi connectivity index (χ2v) is 8.44. The van der Waals surface area contributed by atoms with Gasteiger partial charge in [0.25, 0.3) is 0 Å². The van der Waals surface area contributed by atoms with Gasteiger partial charge in [0, 0.05) is 19.1 Å². The van der Waals surface area contributed by atoms with Crippen LogP contribution in [0.3, 0.4) is 0 Å². The van der Waals surface area contributed by atoms with Crippen LogP contribution in [0.25, 0.3) is 0 Å². The maximum atomic E-state index is 12.4. The van der Waals surface area contributed by atoms with Gasteiger partial charge in [-0.2, -0.15) is 0 Å². The van der Waals surface area contributed by atoms with Gasteiger partial charge in [0.15, 0.2) is 9.84 Å². The molecule has 0 saturated carbocycles. The number of methoxy groups -OCH3 is 1. The van der Waals surface area contributed by atoms with Gasteiger partial charge in [-0.15, -0.1) is 0 Å². The number of nitrogens with one attached hydrogen (secondary N) is 1. The molecule has 0 bridgehead atoms. The summed E-state index contributed by atoms with van der Waals surface area (Å²) in [5.41, 5.74) is 2.33. The van der Waals surface area contributed by atoms with Crippen LogP contribution in [0.15, 0.2) is 18.2 Å². The van der Waals surface area contributed by atoms with Crippen LogP contribution in [0.4, 0.5) is 4.79 Å². The van der Waals surface area contributed by atoms with Gasteiger partial charge in [0.1, 0.15) is 5.75 Å². The fraction of sp³-hybridized carbons (Fsp3) is 0.562. The molecule has 6 nitrogen and oxygen atoms in total. The minimum atomic E-state index is -2.98. The number of rotatable bonds is 2. The smallest absolute Gasteiger partial charge is 0.317 e. The predicted octanol–water partition coefficient (Wildman–Crippen LogP) is 1.34. The Hall–Kier alpha value is -1.76. The van der Waals surface area contributed by atoms with Crippen LogP contribution in [0, 0.1) is 0 Å². The van der Waals surface area contributed by atoms with E-state index in [4.69, 9.17) is 4.74 Å². The molecule has 3 rings (SSSR count). The number of benzene rings is 1. The van der Waals surface area contributed by atoms with Crippen LogP contribution in [0.1, 0.15) is 24.0 Å². The van der Waals surface area contributed by atoms with Gasteiger partial charge in [0.2, 0.25) is 0 Å². The number of ether oxygens (including phenoxy) is 1. The Morgan fingerprint density at radius 3 is 2.87 bits per heavy atom. The third-order valence-electron chi connectivity index (χ3n) is 4.50. The van der Waals surface area contributed by atoms with E-state index in [1.54, 1.807) is 12.0 Å². The summed E-state index contributed by atoms with van der Waals surface area (Å²) >= 11 is 0. The Balaban J connectivity index is 1.67. The van der Waals surface area contributed by atoms with E-state index in [-0.39, 0.29) is 23.6 Å². The number of urea groups is 1. The highest BCUT2D eigenvalue weighted by Gasteiger charge is 2.30. The molecule has 2 aliphatic rings. The first-order chi connectivity index (χ1) is 11.0. The molecule has 2 heterocycles. The van der Waals surface area contributed by atoms with Gasteiger partial charge < -0.3 is 15.0 Å². The number of nitrogens with zero attached hydrogens (tertiary/aromatic N) is 1. The molecule has 1 N–H and O–H groups in total. The molecule has 0 radical (unpaired) electrons. The first-order valence-electron chi connectivity index (χ1n) is 7.88. The van der Waals surface area contributed by atoms with Gasteiger partial charge in [-0.1, -0.05) is 6.07 Å². The molecule has 126 valence electrons. The summed E-state index contributed by atoms with van der Waals surface area (Å²) in [4.78, 5) is 14.2. The van der Waals surface area contributed by atoms with E-state index in [9.17, 15) is 13.2 Å². The highest BCUT2D eigenvalue weighted by molar-refractivity contribution is 7.91. The zero-order valence-corrected chi connectivity index (χ0v) is 14.1. The van der Waals surface area contributed by atoms with Crippen LogP contribution >= 0.6 is 0 Å². The zero-order valence-electron chi connectivity index (χ0n) is 13.2. The second kappa shape index (κ2) is 6.39. The third-order valence-corrected chi connectivity index (χ3v) is 6.26. The van der Waals surface area contributed by atoms with Crippen molar-refractivity contribution in [2.24, 2.45) is 0 Å². The van der Waals surface area contributed by atoms with E-state index in [1.807, 2.05) is 18.2 Å². The van der Waals surface area contributed by atoms with E-state index in [0.717, 1.165) is 24.2 Å². The summed E-state index contributed by atoms with van der Waals surface area (Å²) < 4.78 is 28.3. The molecule has 0 spiro atoms. The maximum absolute atomic E-state index is 12.4. The topological polar surface area (TPSA) is 75.7 Å². The highest BCUT2D eigenvalue weighted by atomic mass is 32.2. The third kappa shape index (κ3) is 3.77. The first kappa shape index (κ1) is 16.1. The van der Waals surface area contributed by atoms with Crippen LogP contribution in [-0.2, 0) is 22.8 Å². The Morgan fingerprint density at radius 2 is 2.17 bits per heavy atom. The normalized spacial score (nSPS) is 23.0. The first-order valence-corrected chi connectivity index (χ1v) is 9.70. The average molecular weight is 338 g/mol. The van der Waals surface area contributed by atoms with Crippen LogP contribution in [0.2, 0.25) is 0 Å². The lowest BCUT2D eigenvalue weighted by molar-refractivity contribution is 0.193. The quantitative estimate of drug-likeness (QED) is 0.883. The molecule has 1 aromatic rings. The Kier molecular flexibility index (Phi) is 4.48. The summed E-state index contributed by atoms with van der Waals surface area (Å²) in [6.07, 6.45) is 2.31. The number of carbonyl (C=O) groups excluding carboxylic acids is 1. The highest BCUT2D eigenvalue weighted by Crippen LogP contribution is 2.23. The lowest BCUT2D eigenvalue weighted by Crippen LogP contribution is -2.45. The summed E-state index contributed by atoms with van der Waals surface area (Å²) in [6.45, 7) is 1.22. The summed E-state index contributed by atoms with van der Waals surface area (Å²) in [6, 6.07) is 5.51. The number of amides is 2. The SMILES string of the molecule is COc1ccc2c(c1)CCCN(C(=O)NC1CCS(=O)(=O)C1)C2. The molecule has 1 unspecified atom stereocenters. The second-order valence-electron chi connectivity index (χ2n) is 6.21. The van der Waals surface area contributed by atoms with Crippen molar-refractivity contribution in [1.29, 1.82) is 0 Å². The minimum absolute atomic E-state index is 0.0559. The van der Waals surface area contributed by atoms with E-state index in [1.165, 1.54) is 5.56 Å². The van der Waals surface area contributed by atoms with Gasteiger partial charge in [-0.3, -0.25) is 0 Å². The van der Waals surface area contributed by atoms with Crippen molar-refractivity contribution in [3.63, 3.8) is 0 Å². The van der Waals surface area contributed by atoms with Gasteiger partial charge in [-0.05, 0) is 42.5 Å². The Bertz CT molecular complexity index is 702. The number of hydrogen-bond acceptors (Lipinski definition) is 4. The van der Waals surface area contributed by atoms with Gasteiger partial charge in [0.05, 0.1) is 18.6 Å². The van der Waals surface area contributed by atoms with E-state index in [0.29, 0.717) is 19.5 Å². The van der Waals surface area contributed by atoms with E-state index >= 15 is 0 Å². The van der Waals surface area contributed by atoms with E-state index < -0.39 is 9.84 Å². The fourth-order valence-electron chi connectivity index (χ4n) is 3.21.